The maximum Gasteiger partial charge on any atom is 0.256 e. The molecule has 150 valence electrons. The average Bonchev–Trinajstić information content (AvgIpc) is 2.68. The summed E-state index contributed by atoms with van der Waals surface area (Å²) in [6.45, 7) is 10.2. The Morgan fingerprint density at radius 3 is 2.23 bits per heavy atom. The molecule has 0 fully saturated rings. The zero-order valence-electron chi connectivity index (χ0n) is 18.1. The molecule has 0 aliphatic carbocycles. The van der Waals surface area contributed by atoms with Crippen LogP contribution in [0.2, 0.25) is 0 Å². The molecule has 0 aliphatic heterocycles. The molecule has 0 radical (unpaired) electrons. The van der Waals surface area contributed by atoms with Crippen LogP contribution < -0.4 is 5.32 Å². The maximum atomic E-state index is 13.5. The van der Waals surface area contributed by atoms with Gasteiger partial charge in [0.2, 0.25) is 0 Å². The van der Waals surface area contributed by atoms with Crippen LogP contribution in [0.3, 0.4) is 0 Å². The number of carbonyl (C=O) groups is 1. The summed E-state index contributed by atoms with van der Waals surface area (Å²) >= 11 is 0. The number of nitrogens with zero attached hydrogens (tertiary/aromatic N) is 1. The van der Waals surface area contributed by atoms with E-state index in [0.717, 1.165) is 50.1 Å². The Balaban J connectivity index is 1.95. The number of hydrogen-bond donors (Lipinski definition) is 1. The first-order valence-corrected chi connectivity index (χ1v) is 10.2. The Morgan fingerprint density at radius 2 is 1.53 bits per heavy atom. The van der Waals surface area contributed by atoms with Crippen LogP contribution in [-0.4, -0.2) is 10.9 Å². The van der Waals surface area contributed by atoms with Crippen LogP contribution in [0, 0.1) is 34.6 Å². The van der Waals surface area contributed by atoms with Crippen LogP contribution >= 0.6 is 0 Å². The summed E-state index contributed by atoms with van der Waals surface area (Å²) in [5, 5.41) is 3.99. The second kappa shape index (κ2) is 7.75. The minimum Gasteiger partial charge on any atom is -0.322 e. The van der Waals surface area contributed by atoms with Crippen LogP contribution in [-0.2, 0) is 0 Å². The van der Waals surface area contributed by atoms with Crippen molar-refractivity contribution in [1.29, 1.82) is 0 Å². The third kappa shape index (κ3) is 3.71. The normalized spacial score (nSPS) is 11.0. The van der Waals surface area contributed by atoms with Crippen molar-refractivity contribution in [3.8, 4) is 11.3 Å². The second-order valence-electron chi connectivity index (χ2n) is 8.13. The molecule has 3 nitrogen and oxygen atoms in total. The third-order valence-corrected chi connectivity index (χ3v) is 5.50. The molecule has 0 saturated heterocycles. The molecule has 0 saturated carbocycles. The average molecular weight is 395 g/mol. The van der Waals surface area contributed by atoms with Gasteiger partial charge in [-0.3, -0.25) is 4.79 Å². The van der Waals surface area contributed by atoms with Gasteiger partial charge in [0.05, 0.1) is 16.8 Å². The molecule has 3 heteroatoms. The van der Waals surface area contributed by atoms with Crippen molar-refractivity contribution >= 4 is 22.5 Å². The van der Waals surface area contributed by atoms with Gasteiger partial charge < -0.3 is 5.32 Å². The molecule has 0 unspecified atom stereocenters. The number of anilines is 1. The zero-order chi connectivity index (χ0) is 21.4. The highest BCUT2D eigenvalue weighted by Crippen LogP contribution is 2.32. The lowest BCUT2D eigenvalue weighted by Gasteiger charge is -2.17. The molecule has 1 heterocycles. The minimum absolute atomic E-state index is 0.108. The molecular formula is C27H26N2O. The fourth-order valence-corrected chi connectivity index (χ4v) is 4.02. The van der Waals surface area contributed by atoms with Crippen molar-refractivity contribution in [3.05, 3.63) is 94.0 Å². The van der Waals surface area contributed by atoms with E-state index in [1.807, 2.05) is 38.1 Å². The number of rotatable bonds is 3. The summed E-state index contributed by atoms with van der Waals surface area (Å²) in [7, 11) is 0. The number of carbonyl (C=O) groups excluding carboxylic acids is 1. The molecule has 30 heavy (non-hydrogen) atoms. The van der Waals surface area contributed by atoms with Gasteiger partial charge in [-0.05, 0) is 69.5 Å². The third-order valence-electron chi connectivity index (χ3n) is 5.50. The van der Waals surface area contributed by atoms with Gasteiger partial charge in [0.25, 0.3) is 5.91 Å². The summed E-state index contributed by atoms with van der Waals surface area (Å²) < 4.78 is 0. The van der Waals surface area contributed by atoms with Crippen molar-refractivity contribution in [2.45, 2.75) is 34.6 Å². The number of aryl methyl sites for hydroxylation is 4. The van der Waals surface area contributed by atoms with Gasteiger partial charge in [-0.2, -0.15) is 0 Å². The highest BCUT2D eigenvalue weighted by Gasteiger charge is 2.20. The molecule has 0 bridgehead atoms. The van der Waals surface area contributed by atoms with Gasteiger partial charge in [0.1, 0.15) is 0 Å². The fraction of sp³-hybridized carbons (Fsp3) is 0.185. The maximum absolute atomic E-state index is 13.5. The van der Waals surface area contributed by atoms with Crippen molar-refractivity contribution in [3.63, 3.8) is 0 Å². The lowest BCUT2D eigenvalue weighted by molar-refractivity contribution is 0.102. The Labute approximate surface area is 177 Å². The molecule has 1 aromatic heterocycles. The highest BCUT2D eigenvalue weighted by atomic mass is 16.1. The molecule has 1 N–H and O–H groups in total. The number of fused-ring (bicyclic) bond motifs is 1. The van der Waals surface area contributed by atoms with Crippen molar-refractivity contribution in [2.24, 2.45) is 0 Å². The Kier molecular flexibility index (Phi) is 5.13. The number of nitrogens with one attached hydrogen (secondary N) is 1. The predicted molar refractivity (Wildman–Crippen MR) is 125 cm³/mol. The van der Waals surface area contributed by atoms with E-state index in [2.05, 4.69) is 62.5 Å². The molecule has 0 atom stereocenters. The summed E-state index contributed by atoms with van der Waals surface area (Å²) in [5.74, 6) is -0.108. The lowest BCUT2D eigenvalue weighted by atomic mass is 9.94. The summed E-state index contributed by atoms with van der Waals surface area (Å²) in [5.41, 5.74) is 9.61. The standard InChI is InChI=1S/C27H26N2O/c1-16-9-11-21(12-10-16)26-20(5)24(23-15-18(3)13-19(4)25(23)29-26)27(30)28-22-8-6-7-17(2)14-22/h6-15H,1-5H3,(H,28,30). The first kappa shape index (κ1) is 19.8. The lowest BCUT2D eigenvalue weighted by Crippen LogP contribution is -2.15. The smallest absolute Gasteiger partial charge is 0.256 e. The van der Waals surface area contributed by atoms with E-state index in [0.29, 0.717) is 5.56 Å². The van der Waals surface area contributed by atoms with E-state index in [9.17, 15) is 4.79 Å². The van der Waals surface area contributed by atoms with Crippen LogP contribution in [0.25, 0.3) is 22.2 Å². The Hall–Kier alpha value is -3.46. The molecule has 0 aliphatic rings. The van der Waals surface area contributed by atoms with Crippen molar-refractivity contribution < 1.29 is 4.79 Å². The molecule has 3 aromatic carbocycles. The topological polar surface area (TPSA) is 42.0 Å². The largest absolute Gasteiger partial charge is 0.322 e. The van der Waals surface area contributed by atoms with Gasteiger partial charge in [0.15, 0.2) is 0 Å². The molecule has 0 spiro atoms. The number of amides is 1. The van der Waals surface area contributed by atoms with E-state index in [1.54, 1.807) is 0 Å². The Bertz CT molecular complexity index is 1270. The van der Waals surface area contributed by atoms with Crippen molar-refractivity contribution in [2.75, 3.05) is 5.32 Å². The van der Waals surface area contributed by atoms with Crippen LogP contribution in [0.15, 0.2) is 60.7 Å². The van der Waals surface area contributed by atoms with Crippen LogP contribution in [0.4, 0.5) is 5.69 Å². The molecule has 4 rings (SSSR count). The fourth-order valence-electron chi connectivity index (χ4n) is 4.02. The molecule has 1 amide bonds. The molecule has 4 aromatic rings. The van der Waals surface area contributed by atoms with Gasteiger partial charge >= 0.3 is 0 Å². The highest BCUT2D eigenvalue weighted by molar-refractivity contribution is 6.15. The minimum atomic E-state index is -0.108. The first-order valence-electron chi connectivity index (χ1n) is 10.2. The van der Waals surface area contributed by atoms with E-state index in [1.165, 1.54) is 5.56 Å². The molecular weight excluding hydrogens is 368 g/mol. The van der Waals surface area contributed by atoms with E-state index in [-0.39, 0.29) is 5.91 Å². The number of pyridine rings is 1. The first-order chi connectivity index (χ1) is 14.3. The van der Waals surface area contributed by atoms with Gasteiger partial charge in [-0.25, -0.2) is 4.98 Å². The Morgan fingerprint density at radius 1 is 0.800 bits per heavy atom. The van der Waals surface area contributed by atoms with Crippen molar-refractivity contribution in [1.82, 2.24) is 4.98 Å². The van der Waals surface area contributed by atoms with E-state index in [4.69, 9.17) is 4.98 Å². The second-order valence-corrected chi connectivity index (χ2v) is 8.13. The monoisotopic (exact) mass is 394 g/mol. The van der Waals surface area contributed by atoms with Crippen LogP contribution in [0.5, 0.6) is 0 Å². The number of aromatic nitrogens is 1. The summed E-state index contributed by atoms with van der Waals surface area (Å²) in [4.78, 5) is 18.5. The van der Waals surface area contributed by atoms with E-state index < -0.39 is 0 Å². The predicted octanol–water partition coefficient (Wildman–Crippen LogP) is 6.70. The van der Waals surface area contributed by atoms with Gasteiger partial charge in [-0.15, -0.1) is 0 Å². The van der Waals surface area contributed by atoms with Crippen LogP contribution in [0.1, 0.15) is 38.2 Å². The summed E-state index contributed by atoms with van der Waals surface area (Å²) in [6, 6.07) is 20.3. The summed E-state index contributed by atoms with van der Waals surface area (Å²) in [6.07, 6.45) is 0. The van der Waals surface area contributed by atoms with Gasteiger partial charge in [0, 0.05) is 16.6 Å². The van der Waals surface area contributed by atoms with Gasteiger partial charge in [-0.1, -0.05) is 53.6 Å². The SMILES string of the molecule is Cc1ccc(-c2nc3c(C)cc(C)cc3c(C(=O)Nc3cccc(C)c3)c2C)cc1. The quantitative estimate of drug-likeness (QED) is 0.420. The van der Waals surface area contributed by atoms with E-state index >= 15 is 0 Å². The number of benzene rings is 3. The zero-order valence-corrected chi connectivity index (χ0v) is 18.1. The number of hydrogen-bond acceptors (Lipinski definition) is 2.